The molecule has 1 aromatic rings. The largest absolute Gasteiger partial charge is 0.486 e. The lowest BCUT2D eigenvalue weighted by molar-refractivity contribution is -0.131. The predicted molar refractivity (Wildman–Crippen MR) is 107 cm³/mol. The number of carbonyl (C=O) groups excluding carboxylic acids is 1. The third-order valence-electron chi connectivity index (χ3n) is 7.30. The van der Waals surface area contributed by atoms with Crippen LogP contribution in [0.1, 0.15) is 71.4 Å². The van der Waals surface area contributed by atoms with E-state index in [2.05, 4.69) is 39.8 Å². The molecular formula is C24H32O3. The summed E-state index contributed by atoms with van der Waals surface area (Å²) in [6.45, 7) is 10.5. The van der Waals surface area contributed by atoms with Crippen molar-refractivity contribution in [3.63, 3.8) is 0 Å². The second-order valence-electron chi connectivity index (χ2n) is 9.42. The molecule has 27 heavy (non-hydrogen) atoms. The quantitative estimate of drug-likeness (QED) is 0.392. The fourth-order valence-electron chi connectivity index (χ4n) is 5.61. The average molecular weight is 369 g/mol. The van der Waals surface area contributed by atoms with Gasteiger partial charge in [-0.1, -0.05) is 31.6 Å². The third kappa shape index (κ3) is 2.99. The van der Waals surface area contributed by atoms with Crippen LogP contribution in [0.5, 0.6) is 11.5 Å². The van der Waals surface area contributed by atoms with Gasteiger partial charge in [-0.15, -0.1) is 0 Å². The molecule has 146 valence electrons. The Labute approximate surface area is 163 Å². The molecule has 3 nitrogen and oxygen atoms in total. The van der Waals surface area contributed by atoms with Gasteiger partial charge in [-0.05, 0) is 75.3 Å². The van der Waals surface area contributed by atoms with Crippen LogP contribution in [-0.2, 0) is 17.6 Å². The topological polar surface area (TPSA) is 35.5 Å². The first kappa shape index (κ1) is 18.6. The summed E-state index contributed by atoms with van der Waals surface area (Å²) in [5.74, 6) is 2.81. The summed E-state index contributed by atoms with van der Waals surface area (Å²) >= 11 is 0. The zero-order chi connectivity index (χ0) is 19.4. The van der Waals surface area contributed by atoms with Crippen molar-refractivity contribution in [2.75, 3.05) is 0 Å². The number of carbonyl (C=O) groups is 1. The number of hydrogen-bond donors (Lipinski definition) is 0. The summed E-state index contributed by atoms with van der Waals surface area (Å²) in [5.41, 5.74) is 4.10. The molecule has 0 saturated heterocycles. The van der Waals surface area contributed by atoms with Crippen LogP contribution in [0.3, 0.4) is 0 Å². The van der Waals surface area contributed by atoms with Crippen LogP contribution in [0.25, 0.3) is 0 Å². The van der Waals surface area contributed by atoms with Gasteiger partial charge in [0, 0.05) is 18.4 Å². The lowest BCUT2D eigenvalue weighted by atomic mass is 9.85. The van der Waals surface area contributed by atoms with Crippen molar-refractivity contribution >= 4 is 5.97 Å². The van der Waals surface area contributed by atoms with E-state index in [4.69, 9.17) is 9.47 Å². The summed E-state index contributed by atoms with van der Waals surface area (Å²) < 4.78 is 12.4. The average Bonchev–Trinajstić information content (AvgIpc) is 3.29. The Hall–Kier alpha value is -1.77. The maximum absolute atomic E-state index is 11.6. The minimum absolute atomic E-state index is 0.00809. The summed E-state index contributed by atoms with van der Waals surface area (Å²) in [7, 11) is 0. The molecule has 1 unspecified atom stereocenters. The van der Waals surface area contributed by atoms with Crippen molar-refractivity contribution in [3.05, 3.63) is 34.9 Å². The van der Waals surface area contributed by atoms with Crippen LogP contribution in [0, 0.1) is 17.3 Å². The smallest absolute Gasteiger partial charge is 0.308 e. The molecule has 0 aromatic heterocycles. The Morgan fingerprint density at radius 2 is 2.04 bits per heavy atom. The second-order valence-corrected chi connectivity index (χ2v) is 9.42. The van der Waals surface area contributed by atoms with Gasteiger partial charge in [0.25, 0.3) is 0 Å². The van der Waals surface area contributed by atoms with Gasteiger partial charge in [-0.25, -0.2) is 0 Å². The van der Waals surface area contributed by atoms with Gasteiger partial charge in [-0.2, -0.15) is 0 Å². The first-order chi connectivity index (χ1) is 12.8. The highest BCUT2D eigenvalue weighted by Crippen LogP contribution is 2.73. The molecule has 3 aliphatic rings. The van der Waals surface area contributed by atoms with Crippen LogP contribution in [0.15, 0.2) is 23.8 Å². The highest BCUT2D eigenvalue weighted by atomic mass is 16.5. The molecule has 0 N–H and O–H groups in total. The number of ether oxygens (including phenoxy) is 2. The summed E-state index contributed by atoms with van der Waals surface area (Å²) in [4.78, 5) is 11.6. The Morgan fingerprint density at radius 3 is 2.63 bits per heavy atom. The SMILES string of the molecule is CC(=O)Oc1ccc(CC=C(C)C)c2c1CCC1(CC[C@@]3(C(C)C)C[C@@H]13)O2. The van der Waals surface area contributed by atoms with Crippen LogP contribution < -0.4 is 9.47 Å². The first-order valence-electron chi connectivity index (χ1n) is 10.4. The van der Waals surface area contributed by atoms with Gasteiger partial charge in [-0.3, -0.25) is 4.79 Å². The molecule has 3 atom stereocenters. The van der Waals surface area contributed by atoms with Crippen LogP contribution in [0.4, 0.5) is 0 Å². The first-order valence-corrected chi connectivity index (χ1v) is 10.4. The molecular weight excluding hydrogens is 336 g/mol. The molecule has 1 heterocycles. The molecule has 1 spiro atoms. The molecule has 2 aliphatic carbocycles. The van der Waals surface area contributed by atoms with Crippen molar-refractivity contribution < 1.29 is 14.3 Å². The number of fused-ring (bicyclic) bond motifs is 3. The fourth-order valence-corrected chi connectivity index (χ4v) is 5.61. The van der Waals surface area contributed by atoms with Crippen LogP contribution >= 0.6 is 0 Å². The van der Waals surface area contributed by atoms with Crippen molar-refractivity contribution in [1.29, 1.82) is 0 Å². The Morgan fingerprint density at radius 1 is 1.26 bits per heavy atom. The van der Waals surface area contributed by atoms with E-state index in [9.17, 15) is 4.79 Å². The van der Waals surface area contributed by atoms with Gasteiger partial charge in [0.2, 0.25) is 0 Å². The molecule has 2 saturated carbocycles. The second kappa shape index (κ2) is 6.39. The van der Waals surface area contributed by atoms with Gasteiger partial charge in [0.15, 0.2) is 0 Å². The van der Waals surface area contributed by atoms with E-state index in [-0.39, 0.29) is 11.6 Å². The molecule has 0 bridgehead atoms. The highest BCUT2D eigenvalue weighted by Gasteiger charge is 2.70. The number of allylic oxidation sites excluding steroid dienone is 2. The third-order valence-corrected chi connectivity index (χ3v) is 7.30. The van der Waals surface area contributed by atoms with E-state index in [1.54, 1.807) is 0 Å². The van der Waals surface area contributed by atoms with E-state index in [0.29, 0.717) is 17.1 Å². The fraction of sp³-hybridized carbons (Fsp3) is 0.625. The van der Waals surface area contributed by atoms with Crippen molar-refractivity contribution in [2.24, 2.45) is 17.3 Å². The molecule has 1 aromatic carbocycles. The van der Waals surface area contributed by atoms with Crippen LogP contribution in [-0.4, -0.2) is 11.6 Å². The van der Waals surface area contributed by atoms with Gasteiger partial charge in [0.1, 0.15) is 17.1 Å². The van der Waals surface area contributed by atoms with Gasteiger partial charge in [0.05, 0.1) is 0 Å². The normalized spacial score (nSPS) is 30.5. The standard InChI is InChI=1S/C24H32O3/c1-15(2)6-7-18-8-9-20(26-17(5)25)19-10-11-24(27-22(18)19)13-12-23(16(3)4)14-21(23)24/h6,8-9,16,21H,7,10-14H2,1-5H3/t21-,23+,24?/m1/s1. The minimum Gasteiger partial charge on any atom is -0.486 e. The van der Waals surface area contributed by atoms with E-state index in [1.807, 2.05) is 6.07 Å². The summed E-state index contributed by atoms with van der Waals surface area (Å²) in [6, 6.07) is 4.02. The Kier molecular flexibility index (Phi) is 4.40. The monoisotopic (exact) mass is 368 g/mol. The molecule has 2 fully saturated rings. The number of hydrogen-bond acceptors (Lipinski definition) is 3. The van der Waals surface area contributed by atoms with Crippen molar-refractivity contribution in [1.82, 2.24) is 0 Å². The minimum atomic E-state index is -0.267. The zero-order valence-electron chi connectivity index (χ0n) is 17.4. The van der Waals surface area contributed by atoms with E-state index < -0.39 is 0 Å². The summed E-state index contributed by atoms with van der Waals surface area (Å²) in [6.07, 6.45) is 8.85. The maximum atomic E-state index is 11.6. The van der Waals surface area contributed by atoms with E-state index in [1.165, 1.54) is 30.9 Å². The number of benzene rings is 1. The zero-order valence-corrected chi connectivity index (χ0v) is 17.4. The molecule has 3 heteroatoms. The number of esters is 1. The molecule has 0 radical (unpaired) electrons. The lowest BCUT2D eigenvalue weighted by Crippen LogP contribution is -2.40. The van der Waals surface area contributed by atoms with Crippen molar-refractivity contribution in [2.45, 2.75) is 78.7 Å². The Bertz CT molecular complexity index is 802. The van der Waals surface area contributed by atoms with Gasteiger partial charge < -0.3 is 9.47 Å². The molecule has 4 rings (SSSR count). The van der Waals surface area contributed by atoms with Gasteiger partial charge >= 0.3 is 5.97 Å². The highest BCUT2D eigenvalue weighted by molar-refractivity contribution is 5.70. The van der Waals surface area contributed by atoms with E-state index >= 15 is 0 Å². The maximum Gasteiger partial charge on any atom is 0.308 e. The predicted octanol–water partition coefficient (Wildman–Crippen LogP) is 5.64. The molecule has 0 amide bonds. The van der Waals surface area contributed by atoms with Crippen molar-refractivity contribution in [3.8, 4) is 11.5 Å². The Balaban J connectivity index is 1.70. The lowest BCUT2D eigenvalue weighted by Gasteiger charge is -2.39. The van der Waals surface area contributed by atoms with Crippen LogP contribution in [0.2, 0.25) is 0 Å². The summed E-state index contributed by atoms with van der Waals surface area (Å²) in [5, 5.41) is 0. The molecule has 1 aliphatic heterocycles. The number of rotatable bonds is 4. The van der Waals surface area contributed by atoms with E-state index in [0.717, 1.165) is 42.9 Å².